The summed E-state index contributed by atoms with van der Waals surface area (Å²) in [6.07, 6.45) is 0. The van der Waals surface area contributed by atoms with Crippen molar-refractivity contribution in [2.45, 2.75) is 0 Å². The molecule has 2 aromatic rings. The first-order valence-electron chi connectivity index (χ1n) is 9.23. The number of methoxy groups -OCH3 is 1. The molecule has 1 aliphatic rings. The minimum Gasteiger partial charge on any atom is -0.494 e. The summed E-state index contributed by atoms with van der Waals surface area (Å²) < 4.78 is 24.2. The number of nitrogens with one attached hydrogen (secondary N) is 2. The van der Waals surface area contributed by atoms with E-state index in [-0.39, 0.29) is 17.4 Å². The summed E-state index contributed by atoms with van der Waals surface area (Å²) in [5.74, 6) is 0.00371. The fraction of sp³-hybridized carbons (Fsp3) is 0.474. The third-order valence-electron chi connectivity index (χ3n) is 4.66. The number of benzene rings is 1. The van der Waals surface area contributed by atoms with Gasteiger partial charge in [-0.25, -0.2) is 4.39 Å². The first-order valence-corrected chi connectivity index (χ1v) is 9.23. The first kappa shape index (κ1) is 20.1. The van der Waals surface area contributed by atoms with E-state index in [0.717, 1.165) is 32.7 Å². The second kappa shape index (κ2) is 9.03. The Morgan fingerprint density at radius 2 is 2.14 bits per heavy atom. The number of hydrogen-bond donors (Lipinski definition) is 2. The van der Waals surface area contributed by atoms with Crippen LogP contribution in [0.15, 0.2) is 22.7 Å². The average molecular weight is 391 g/mol. The Kier molecular flexibility index (Phi) is 6.48. The topological polar surface area (TPSA) is 82.9 Å². The van der Waals surface area contributed by atoms with Crippen LogP contribution in [0.1, 0.15) is 10.4 Å². The first-order chi connectivity index (χ1) is 13.5. The Morgan fingerprint density at radius 3 is 2.82 bits per heavy atom. The summed E-state index contributed by atoms with van der Waals surface area (Å²) in [6, 6.07) is 4.31. The van der Waals surface area contributed by atoms with E-state index in [1.54, 1.807) is 19.0 Å². The lowest BCUT2D eigenvalue weighted by Crippen LogP contribution is -2.46. The lowest BCUT2D eigenvalue weighted by Gasteiger charge is -2.27. The number of piperazine rings is 1. The van der Waals surface area contributed by atoms with Crippen LogP contribution in [-0.4, -0.2) is 76.4 Å². The Morgan fingerprint density at radius 1 is 1.39 bits per heavy atom. The van der Waals surface area contributed by atoms with Gasteiger partial charge >= 0.3 is 0 Å². The lowest BCUT2D eigenvalue weighted by atomic mass is 10.1. The van der Waals surface area contributed by atoms with E-state index < -0.39 is 5.82 Å². The Balaban J connectivity index is 1.80. The van der Waals surface area contributed by atoms with Gasteiger partial charge in [0.2, 0.25) is 0 Å². The highest BCUT2D eigenvalue weighted by Gasteiger charge is 2.26. The zero-order valence-electron chi connectivity index (χ0n) is 16.4. The van der Waals surface area contributed by atoms with Crippen LogP contribution in [0, 0.1) is 5.82 Å². The number of nitrogens with zero attached hydrogens (tertiary/aromatic N) is 3. The quantitative estimate of drug-likeness (QED) is 0.734. The second-order valence-corrected chi connectivity index (χ2v) is 6.80. The predicted molar refractivity (Wildman–Crippen MR) is 104 cm³/mol. The van der Waals surface area contributed by atoms with Gasteiger partial charge in [0.25, 0.3) is 5.91 Å². The second-order valence-electron chi connectivity index (χ2n) is 6.80. The van der Waals surface area contributed by atoms with Crippen molar-refractivity contribution in [3.8, 4) is 17.1 Å². The Bertz CT molecular complexity index is 818. The van der Waals surface area contributed by atoms with Gasteiger partial charge in [0.05, 0.1) is 7.11 Å². The molecule has 0 radical (unpaired) electrons. The molecule has 2 N–H and O–H groups in total. The van der Waals surface area contributed by atoms with Crippen LogP contribution in [0.2, 0.25) is 0 Å². The maximum atomic E-state index is 13.8. The van der Waals surface area contributed by atoms with Crippen LogP contribution in [0.5, 0.6) is 5.75 Å². The van der Waals surface area contributed by atoms with Crippen molar-refractivity contribution in [3.63, 3.8) is 0 Å². The maximum absolute atomic E-state index is 13.8. The summed E-state index contributed by atoms with van der Waals surface area (Å²) in [7, 11) is 4.95. The maximum Gasteiger partial charge on any atom is 0.259 e. The molecule has 0 bridgehead atoms. The molecular formula is C19H26FN5O3. The Hall–Kier alpha value is -2.65. The minimum atomic E-state index is -0.486. The number of carbonyl (C=O) groups is 1. The van der Waals surface area contributed by atoms with E-state index in [4.69, 9.17) is 9.26 Å². The van der Waals surface area contributed by atoms with Gasteiger partial charge in [0.15, 0.2) is 23.1 Å². The molecule has 8 nitrogen and oxygen atoms in total. The highest BCUT2D eigenvalue weighted by molar-refractivity contribution is 6.04. The molecule has 0 saturated carbocycles. The molecular weight excluding hydrogens is 365 g/mol. The molecule has 9 heteroatoms. The number of carbonyl (C=O) groups excluding carboxylic acids is 1. The average Bonchev–Trinajstić information content (AvgIpc) is 3.14. The largest absolute Gasteiger partial charge is 0.494 e. The standard InChI is InChI=1S/C19H26FN5O3/c1-24(2)18-16(19(26)22-8-11-25-9-6-21-7-10-25)17(28-23-18)13-4-5-14(20)15(12-13)27-3/h4-5,12,21H,6-11H2,1-3H3,(H,22,26). The molecule has 0 atom stereocenters. The monoisotopic (exact) mass is 391 g/mol. The summed E-state index contributed by atoms with van der Waals surface area (Å²) in [6.45, 7) is 5.14. The van der Waals surface area contributed by atoms with Gasteiger partial charge in [-0.2, -0.15) is 0 Å². The van der Waals surface area contributed by atoms with Gasteiger partial charge in [0.1, 0.15) is 5.56 Å². The number of hydrogen-bond acceptors (Lipinski definition) is 7. The van der Waals surface area contributed by atoms with Crippen molar-refractivity contribution in [2.75, 3.05) is 65.4 Å². The van der Waals surface area contributed by atoms with Gasteiger partial charge in [-0.1, -0.05) is 5.16 Å². The van der Waals surface area contributed by atoms with Gasteiger partial charge in [-0.3, -0.25) is 9.69 Å². The number of aromatic nitrogens is 1. The fourth-order valence-corrected chi connectivity index (χ4v) is 3.14. The smallest absolute Gasteiger partial charge is 0.259 e. The van der Waals surface area contributed by atoms with Crippen LogP contribution in [0.3, 0.4) is 0 Å². The van der Waals surface area contributed by atoms with Gasteiger partial charge < -0.3 is 24.8 Å². The van der Waals surface area contributed by atoms with Gasteiger partial charge in [0, 0.05) is 58.9 Å². The molecule has 1 aliphatic heterocycles. The summed E-state index contributed by atoms with van der Waals surface area (Å²) in [5.41, 5.74) is 0.838. The number of halogens is 1. The van der Waals surface area contributed by atoms with Gasteiger partial charge in [-0.15, -0.1) is 0 Å². The van der Waals surface area contributed by atoms with Crippen molar-refractivity contribution in [1.82, 2.24) is 20.7 Å². The highest BCUT2D eigenvalue weighted by Crippen LogP contribution is 2.33. The van der Waals surface area contributed by atoms with E-state index in [1.807, 2.05) is 0 Å². The van der Waals surface area contributed by atoms with Crippen LogP contribution in [-0.2, 0) is 0 Å². The van der Waals surface area contributed by atoms with Crippen LogP contribution < -0.4 is 20.3 Å². The van der Waals surface area contributed by atoms with E-state index >= 15 is 0 Å². The van der Waals surface area contributed by atoms with E-state index in [0.29, 0.717) is 23.5 Å². The summed E-state index contributed by atoms with van der Waals surface area (Å²) >= 11 is 0. The van der Waals surface area contributed by atoms with Crippen LogP contribution in [0.25, 0.3) is 11.3 Å². The molecule has 1 aromatic carbocycles. The normalized spacial score (nSPS) is 14.7. The fourth-order valence-electron chi connectivity index (χ4n) is 3.14. The molecule has 152 valence electrons. The number of rotatable bonds is 7. The highest BCUT2D eigenvalue weighted by atomic mass is 19.1. The molecule has 1 saturated heterocycles. The SMILES string of the molecule is COc1cc(-c2onc(N(C)C)c2C(=O)NCCN2CCNCC2)ccc1F. The summed E-state index contributed by atoms with van der Waals surface area (Å²) in [4.78, 5) is 16.9. The molecule has 28 heavy (non-hydrogen) atoms. The minimum absolute atomic E-state index is 0.0744. The molecule has 1 amide bonds. The number of amides is 1. The van der Waals surface area contributed by atoms with E-state index in [2.05, 4.69) is 20.7 Å². The van der Waals surface area contributed by atoms with Crippen LogP contribution in [0.4, 0.5) is 10.2 Å². The molecule has 0 spiro atoms. The van der Waals surface area contributed by atoms with Gasteiger partial charge in [-0.05, 0) is 18.2 Å². The van der Waals surface area contributed by atoms with E-state index in [1.165, 1.54) is 25.3 Å². The predicted octanol–water partition coefficient (Wildman–Crippen LogP) is 1.19. The van der Waals surface area contributed by atoms with Crippen molar-refractivity contribution < 1.29 is 18.4 Å². The molecule has 0 aliphatic carbocycles. The molecule has 0 unspecified atom stereocenters. The van der Waals surface area contributed by atoms with Crippen molar-refractivity contribution in [3.05, 3.63) is 29.6 Å². The van der Waals surface area contributed by atoms with E-state index in [9.17, 15) is 9.18 Å². The number of ether oxygens (including phenoxy) is 1. The molecule has 1 fully saturated rings. The van der Waals surface area contributed by atoms with Crippen LogP contribution >= 0.6 is 0 Å². The van der Waals surface area contributed by atoms with Crippen molar-refractivity contribution in [2.24, 2.45) is 0 Å². The molecule has 2 heterocycles. The zero-order valence-corrected chi connectivity index (χ0v) is 16.4. The van der Waals surface area contributed by atoms with Crippen molar-refractivity contribution >= 4 is 11.7 Å². The molecule has 3 rings (SSSR count). The number of anilines is 1. The van der Waals surface area contributed by atoms with Crippen molar-refractivity contribution in [1.29, 1.82) is 0 Å². The molecule has 1 aromatic heterocycles. The Labute approximate surface area is 163 Å². The summed E-state index contributed by atoms with van der Waals surface area (Å²) in [5, 5.41) is 10.3. The third-order valence-corrected chi connectivity index (χ3v) is 4.66. The zero-order chi connectivity index (χ0) is 20.1. The third kappa shape index (κ3) is 4.42. The lowest BCUT2D eigenvalue weighted by molar-refractivity contribution is 0.0948.